The Hall–Kier alpha value is -0.0100. The van der Waals surface area contributed by atoms with Gasteiger partial charge < -0.3 is 29.5 Å². The largest absolute Gasteiger partial charge is 0.387 e. The summed E-state index contributed by atoms with van der Waals surface area (Å²) in [5.41, 5.74) is 0. The minimum absolute atomic E-state index is 0.344. The van der Waals surface area contributed by atoms with Gasteiger partial charge in [-0.25, -0.2) is 0 Å². The molecular formula is C5H11O7P. The van der Waals surface area contributed by atoms with Crippen LogP contribution in [0.1, 0.15) is 0 Å². The molecule has 0 amide bonds. The standard InChI is InChI=1S/C5H11O7P/c6-3-2(1-11-13(9)10)12-5(8)4(3)7/h2-8,13H,1H2,(H,9,10)/t2-,3-,4-,5-/m1/s1. The third kappa shape index (κ3) is 2.72. The van der Waals surface area contributed by atoms with Crippen molar-refractivity contribution in [3.8, 4) is 0 Å². The smallest absolute Gasteiger partial charge is 0.316 e. The van der Waals surface area contributed by atoms with Crippen molar-refractivity contribution in [1.29, 1.82) is 0 Å². The molecule has 0 aliphatic carbocycles. The third-order valence-electron chi connectivity index (χ3n) is 1.71. The first-order valence-corrected chi connectivity index (χ1v) is 4.84. The molecule has 0 bridgehead atoms. The predicted octanol–water partition coefficient (Wildman–Crippen LogP) is -2.18. The molecule has 1 unspecified atom stereocenters. The minimum Gasteiger partial charge on any atom is -0.387 e. The van der Waals surface area contributed by atoms with Gasteiger partial charge in [0.15, 0.2) is 6.29 Å². The first-order valence-electron chi connectivity index (χ1n) is 3.57. The summed E-state index contributed by atoms with van der Waals surface area (Å²) in [6.07, 6.45) is -5.18. The maximum atomic E-state index is 10.1. The zero-order chi connectivity index (χ0) is 10.0. The molecule has 0 aromatic rings. The molecule has 78 valence electrons. The topological polar surface area (TPSA) is 116 Å². The van der Waals surface area contributed by atoms with Gasteiger partial charge in [0.2, 0.25) is 0 Å². The number of rotatable bonds is 3. The molecule has 0 saturated carbocycles. The maximum absolute atomic E-state index is 10.1. The van der Waals surface area contributed by atoms with E-state index in [9.17, 15) is 4.57 Å². The molecule has 1 saturated heterocycles. The van der Waals surface area contributed by atoms with Crippen LogP contribution in [-0.2, 0) is 13.8 Å². The van der Waals surface area contributed by atoms with E-state index in [1.165, 1.54) is 0 Å². The number of hydrogen-bond acceptors (Lipinski definition) is 6. The van der Waals surface area contributed by atoms with E-state index in [0.717, 1.165) is 0 Å². The second-order valence-corrected chi connectivity index (χ2v) is 3.44. The molecule has 1 fully saturated rings. The van der Waals surface area contributed by atoms with Crippen LogP contribution in [0, 0.1) is 0 Å². The van der Waals surface area contributed by atoms with Crippen LogP contribution in [0.5, 0.6) is 0 Å². The van der Waals surface area contributed by atoms with Crippen molar-refractivity contribution in [2.75, 3.05) is 6.61 Å². The quantitative estimate of drug-likeness (QED) is 0.395. The fraction of sp³-hybridized carbons (Fsp3) is 1.00. The third-order valence-corrected chi connectivity index (χ3v) is 2.12. The van der Waals surface area contributed by atoms with Gasteiger partial charge in [-0.05, 0) is 0 Å². The first-order chi connectivity index (χ1) is 6.02. The summed E-state index contributed by atoms with van der Waals surface area (Å²) >= 11 is 0. The van der Waals surface area contributed by atoms with Gasteiger partial charge in [-0.2, -0.15) is 0 Å². The Balaban J connectivity index is 2.40. The highest BCUT2D eigenvalue weighted by Gasteiger charge is 2.41. The second-order valence-electron chi connectivity index (χ2n) is 2.62. The van der Waals surface area contributed by atoms with Crippen molar-refractivity contribution >= 4 is 8.25 Å². The zero-order valence-corrected chi connectivity index (χ0v) is 7.53. The SMILES string of the molecule is O=[PH](O)OC[C@H]1O[C@@H](O)[C@H](O)[C@@H]1O. The molecule has 1 aliphatic heterocycles. The van der Waals surface area contributed by atoms with Gasteiger partial charge in [0, 0.05) is 0 Å². The van der Waals surface area contributed by atoms with Crippen molar-refractivity contribution in [3.63, 3.8) is 0 Å². The summed E-state index contributed by atoms with van der Waals surface area (Å²) in [5.74, 6) is 0. The lowest BCUT2D eigenvalue weighted by Gasteiger charge is -2.12. The average Bonchev–Trinajstić information content (AvgIpc) is 2.29. The van der Waals surface area contributed by atoms with E-state index in [0.29, 0.717) is 0 Å². The fourth-order valence-electron chi connectivity index (χ4n) is 1.02. The zero-order valence-electron chi connectivity index (χ0n) is 6.53. The van der Waals surface area contributed by atoms with Crippen LogP contribution < -0.4 is 0 Å². The van der Waals surface area contributed by atoms with Gasteiger partial charge in [0.25, 0.3) is 0 Å². The Labute approximate surface area is 74.5 Å². The molecule has 7 nitrogen and oxygen atoms in total. The molecule has 13 heavy (non-hydrogen) atoms. The molecule has 5 atom stereocenters. The van der Waals surface area contributed by atoms with Crippen LogP contribution in [0.15, 0.2) is 0 Å². The molecule has 1 rings (SSSR count). The van der Waals surface area contributed by atoms with Crippen molar-refractivity contribution < 1.29 is 34.0 Å². The Morgan fingerprint density at radius 3 is 2.31 bits per heavy atom. The van der Waals surface area contributed by atoms with E-state index >= 15 is 0 Å². The lowest BCUT2D eigenvalue weighted by molar-refractivity contribution is -0.131. The fourth-order valence-corrected chi connectivity index (χ4v) is 1.33. The highest BCUT2D eigenvalue weighted by molar-refractivity contribution is 7.32. The second kappa shape index (κ2) is 4.47. The lowest BCUT2D eigenvalue weighted by Crippen LogP contribution is -2.33. The van der Waals surface area contributed by atoms with Gasteiger partial charge >= 0.3 is 8.25 Å². The molecule has 0 spiro atoms. The number of hydrogen-bond donors (Lipinski definition) is 4. The van der Waals surface area contributed by atoms with Crippen LogP contribution in [0.2, 0.25) is 0 Å². The van der Waals surface area contributed by atoms with E-state index in [1.54, 1.807) is 0 Å². The Morgan fingerprint density at radius 1 is 1.31 bits per heavy atom. The normalized spacial score (nSPS) is 42.2. The highest BCUT2D eigenvalue weighted by Crippen LogP contribution is 2.23. The van der Waals surface area contributed by atoms with Crippen molar-refractivity contribution in [3.05, 3.63) is 0 Å². The molecule has 0 aromatic heterocycles. The molecule has 0 radical (unpaired) electrons. The predicted molar refractivity (Wildman–Crippen MR) is 40.1 cm³/mol. The van der Waals surface area contributed by atoms with E-state index in [-0.39, 0.29) is 6.61 Å². The monoisotopic (exact) mass is 214 g/mol. The summed E-state index contributed by atoms with van der Waals surface area (Å²) in [6, 6.07) is 0. The average molecular weight is 214 g/mol. The highest BCUT2D eigenvalue weighted by atomic mass is 31.1. The number of aliphatic hydroxyl groups excluding tert-OH is 3. The molecule has 0 aromatic carbocycles. The maximum Gasteiger partial charge on any atom is 0.316 e. The van der Waals surface area contributed by atoms with Crippen LogP contribution in [0.3, 0.4) is 0 Å². The minimum atomic E-state index is -3.08. The number of aliphatic hydroxyl groups is 3. The van der Waals surface area contributed by atoms with Gasteiger partial charge in [-0.3, -0.25) is 4.57 Å². The Kier molecular flexibility index (Phi) is 3.81. The molecule has 1 heterocycles. The van der Waals surface area contributed by atoms with E-state index in [2.05, 4.69) is 9.26 Å². The Bertz CT molecular complexity index is 197. The summed E-state index contributed by atoms with van der Waals surface area (Å²) in [5, 5.41) is 27.0. The van der Waals surface area contributed by atoms with Crippen LogP contribution >= 0.6 is 8.25 Å². The molecule has 8 heteroatoms. The van der Waals surface area contributed by atoms with Crippen molar-refractivity contribution in [2.24, 2.45) is 0 Å². The van der Waals surface area contributed by atoms with Gasteiger partial charge in [-0.1, -0.05) is 0 Å². The van der Waals surface area contributed by atoms with Crippen LogP contribution in [0.4, 0.5) is 0 Å². The first kappa shape index (κ1) is 11.1. The van der Waals surface area contributed by atoms with Gasteiger partial charge in [0.1, 0.15) is 18.3 Å². The summed E-state index contributed by atoms with van der Waals surface area (Å²) < 4.78 is 19.0. The Morgan fingerprint density at radius 2 is 1.92 bits per heavy atom. The van der Waals surface area contributed by atoms with E-state index in [1.807, 2.05) is 0 Å². The van der Waals surface area contributed by atoms with Crippen molar-refractivity contribution in [1.82, 2.24) is 0 Å². The summed E-state index contributed by atoms with van der Waals surface area (Å²) in [4.78, 5) is 8.29. The molecular weight excluding hydrogens is 203 g/mol. The molecule has 1 aliphatic rings. The van der Waals surface area contributed by atoms with Crippen molar-refractivity contribution in [2.45, 2.75) is 24.6 Å². The van der Waals surface area contributed by atoms with Gasteiger partial charge in [0.05, 0.1) is 6.61 Å². The van der Waals surface area contributed by atoms with E-state index < -0.39 is 32.9 Å². The van der Waals surface area contributed by atoms with Crippen LogP contribution in [0.25, 0.3) is 0 Å². The van der Waals surface area contributed by atoms with Crippen LogP contribution in [-0.4, -0.2) is 51.4 Å². The summed E-state index contributed by atoms with van der Waals surface area (Å²) in [7, 11) is -3.08. The summed E-state index contributed by atoms with van der Waals surface area (Å²) in [6.45, 7) is -0.344. The lowest BCUT2D eigenvalue weighted by atomic mass is 10.1. The number of ether oxygens (including phenoxy) is 1. The van der Waals surface area contributed by atoms with E-state index in [4.69, 9.17) is 20.2 Å². The molecule has 4 N–H and O–H groups in total. The van der Waals surface area contributed by atoms with Gasteiger partial charge in [-0.15, -0.1) is 0 Å².